The van der Waals surface area contributed by atoms with Crippen LogP contribution in [0.3, 0.4) is 0 Å². The van der Waals surface area contributed by atoms with Gasteiger partial charge in [-0.2, -0.15) is 4.98 Å². The minimum atomic E-state index is -4.20. The number of hydrogen-bond donors (Lipinski definition) is 1. The number of amides is 1. The average Bonchev–Trinajstić information content (AvgIpc) is 2.71. The molecule has 1 saturated heterocycles. The number of nitrogens with zero attached hydrogens (tertiary/aromatic N) is 3. The van der Waals surface area contributed by atoms with Gasteiger partial charge in [0.05, 0.1) is 5.70 Å². The van der Waals surface area contributed by atoms with E-state index in [1.165, 1.54) is 27.2 Å². The molecule has 0 bridgehead atoms. The van der Waals surface area contributed by atoms with Gasteiger partial charge in [0.15, 0.2) is 31.8 Å². The van der Waals surface area contributed by atoms with E-state index in [0.29, 0.717) is 11.8 Å². The van der Waals surface area contributed by atoms with Crippen LogP contribution in [0.4, 0.5) is 0 Å². The minimum absolute atomic E-state index is 0.0176. The number of ketones is 1. The molecule has 1 fully saturated rings. The van der Waals surface area contributed by atoms with Crippen molar-refractivity contribution in [1.29, 1.82) is 0 Å². The van der Waals surface area contributed by atoms with Crippen LogP contribution in [0.5, 0.6) is 0 Å². The number of allylic oxidation sites excluding steroid dienone is 1. The first kappa shape index (κ1) is 25.1. The zero-order valence-corrected chi connectivity index (χ0v) is 20.8. The molecule has 0 spiro atoms. The van der Waals surface area contributed by atoms with E-state index in [0.717, 1.165) is 9.58 Å². The third-order valence-corrected chi connectivity index (χ3v) is 10.1. The van der Waals surface area contributed by atoms with Crippen molar-refractivity contribution in [2.45, 2.75) is 54.8 Å². The van der Waals surface area contributed by atoms with Crippen LogP contribution in [-0.4, -0.2) is 62.4 Å². The highest BCUT2D eigenvalue weighted by atomic mass is 32.3. The molecule has 11 nitrogen and oxygen atoms in total. The summed E-state index contributed by atoms with van der Waals surface area (Å²) >= 11 is 0.695. The summed E-state index contributed by atoms with van der Waals surface area (Å²) in [4.78, 5) is 54.6. The summed E-state index contributed by atoms with van der Waals surface area (Å²) < 4.78 is 32.8. The van der Waals surface area contributed by atoms with Gasteiger partial charge in [-0.25, -0.2) is 8.42 Å². The first-order valence-electron chi connectivity index (χ1n) is 9.97. The summed E-state index contributed by atoms with van der Waals surface area (Å²) in [5, 5.41) is 0.733. The Labute approximate surface area is 194 Å². The maximum absolute atomic E-state index is 13.8. The molecule has 0 aromatic carbocycles. The van der Waals surface area contributed by atoms with Crippen molar-refractivity contribution in [3.8, 4) is 0 Å². The molecule has 1 amide bonds. The number of aromatic amines is 1. The molecule has 13 heteroatoms. The Bertz CT molecular complexity index is 1300. The lowest BCUT2D eigenvalue weighted by molar-refractivity contribution is -0.183. The first-order chi connectivity index (χ1) is 15.1. The molecule has 2 aliphatic rings. The van der Waals surface area contributed by atoms with Gasteiger partial charge in [-0.15, -0.1) is 6.58 Å². The summed E-state index contributed by atoms with van der Waals surface area (Å²) in [5.74, 6) is -1.05. The van der Waals surface area contributed by atoms with E-state index < -0.39 is 53.6 Å². The second-order valence-electron chi connectivity index (χ2n) is 8.96. The van der Waals surface area contributed by atoms with Gasteiger partial charge in [-0.1, -0.05) is 38.6 Å². The van der Waals surface area contributed by atoms with Gasteiger partial charge in [0.25, 0.3) is 5.91 Å². The predicted molar refractivity (Wildman–Crippen MR) is 121 cm³/mol. The molecular formula is C20H26N4O7S2. The van der Waals surface area contributed by atoms with Crippen LogP contribution in [0.15, 0.2) is 38.7 Å². The van der Waals surface area contributed by atoms with E-state index >= 15 is 0 Å². The highest BCUT2D eigenvalue weighted by molar-refractivity contribution is 8.14. The molecule has 1 aromatic rings. The number of ether oxygens (including phenoxy) is 1. The van der Waals surface area contributed by atoms with E-state index in [-0.39, 0.29) is 22.8 Å². The standard InChI is InChI=1S/C20H26N4O7S2/c1-8-9-20(31-7)16(28)24-11(12(25)19(3,4)5)10(2)15(33(29,30)17(20)24)32-18-21-13(26)14(27)22-23(18)6/h8,15,17H,1,9H2,2-7H3,(H,22,27)/t15?,17-,20+/m0/s1. The highest BCUT2D eigenvalue weighted by Crippen LogP contribution is 2.52. The van der Waals surface area contributed by atoms with Crippen LogP contribution in [0.2, 0.25) is 0 Å². The Morgan fingerprint density at radius 3 is 2.45 bits per heavy atom. The van der Waals surface area contributed by atoms with Crippen molar-refractivity contribution in [3.05, 3.63) is 44.6 Å². The number of aryl methyl sites for hydroxylation is 1. The Kier molecular flexibility index (Phi) is 6.14. The van der Waals surface area contributed by atoms with Crippen molar-refractivity contribution in [2.75, 3.05) is 7.11 Å². The van der Waals surface area contributed by atoms with Gasteiger partial charge >= 0.3 is 11.1 Å². The second-order valence-corrected chi connectivity index (χ2v) is 12.4. The Morgan fingerprint density at radius 2 is 1.94 bits per heavy atom. The fourth-order valence-corrected chi connectivity index (χ4v) is 8.08. The van der Waals surface area contributed by atoms with Crippen LogP contribution >= 0.6 is 11.8 Å². The van der Waals surface area contributed by atoms with Crippen LogP contribution in [-0.2, 0) is 31.2 Å². The zero-order chi connectivity index (χ0) is 25.1. The molecule has 0 aliphatic carbocycles. The molecule has 1 unspecified atom stereocenters. The third-order valence-electron chi connectivity index (χ3n) is 5.66. The van der Waals surface area contributed by atoms with E-state index in [2.05, 4.69) is 16.7 Å². The molecule has 180 valence electrons. The van der Waals surface area contributed by atoms with Crippen LogP contribution < -0.4 is 11.1 Å². The minimum Gasteiger partial charge on any atom is -0.365 e. The lowest BCUT2D eigenvalue weighted by Gasteiger charge is -2.57. The number of methoxy groups -OCH3 is 1. The summed E-state index contributed by atoms with van der Waals surface area (Å²) in [7, 11) is -1.56. The number of β-lactam (4-membered cyclic amide) rings is 1. The lowest BCUT2D eigenvalue weighted by Crippen LogP contribution is -2.79. The molecule has 0 saturated carbocycles. The van der Waals surface area contributed by atoms with E-state index in [9.17, 15) is 27.6 Å². The summed E-state index contributed by atoms with van der Waals surface area (Å²) in [6.45, 7) is 10.1. The normalized spacial score (nSPS) is 26.6. The summed E-state index contributed by atoms with van der Waals surface area (Å²) in [5.41, 5.74) is -4.55. The summed E-state index contributed by atoms with van der Waals surface area (Å²) in [6.07, 6.45) is 1.31. The maximum atomic E-state index is 13.8. The lowest BCUT2D eigenvalue weighted by atomic mass is 9.82. The number of thioether (sulfide) groups is 1. The number of carbonyl (C=O) groups excluding carboxylic acids is 2. The average molecular weight is 499 g/mol. The Morgan fingerprint density at radius 1 is 1.33 bits per heavy atom. The number of hydrogen-bond acceptors (Lipinski definition) is 9. The molecular weight excluding hydrogens is 472 g/mol. The smallest absolute Gasteiger partial charge is 0.339 e. The van der Waals surface area contributed by atoms with Gasteiger partial charge in [0, 0.05) is 26.0 Å². The van der Waals surface area contributed by atoms with Crippen LogP contribution in [0.1, 0.15) is 34.1 Å². The van der Waals surface area contributed by atoms with Crippen LogP contribution in [0.25, 0.3) is 0 Å². The molecule has 1 aromatic heterocycles. The predicted octanol–water partition coefficient (Wildman–Crippen LogP) is 0.334. The molecule has 33 heavy (non-hydrogen) atoms. The molecule has 3 rings (SSSR count). The Balaban J connectivity index is 2.28. The number of H-pyrrole nitrogens is 1. The number of sulfone groups is 1. The molecule has 1 N–H and O–H groups in total. The van der Waals surface area contributed by atoms with Gasteiger partial charge < -0.3 is 4.74 Å². The topological polar surface area (TPSA) is 148 Å². The van der Waals surface area contributed by atoms with E-state index in [1.807, 2.05) is 0 Å². The van der Waals surface area contributed by atoms with Gasteiger partial charge in [0.1, 0.15) is 4.58 Å². The molecule has 2 aliphatic heterocycles. The fraction of sp³-hybridized carbons (Fsp3) is 0.550. The van der Waals surface area contributed by atoms with Crippen molar-refractivity contribution < 1.29 is 22.7 Å². The Hall–Kier alpha value is -2.51. The number of rotatable bonds is 6. The zero-order valence-electron chi connectivity index (χ0n) is 19.2. The molecule has 3 atom stereocenters. The number of Topliss-reactive ketones (excluding diaryl/α,β-unsaturated/α-hetero) is 1. The molecule has 0 radical (unpaired) electrons. The first-order valence-corrected chi connectivity index (χ1v) is 12.5. The maximum Gasteiger partial charge on any atom is 0.339 e. The van der Waals surface area contributed by atoms with Gasteiger partial charge in [-0.3, -0.25) is 33.9 Å². The SMILES string of the molecule is C=CC[C@@]1(OC)C(=O)N2C(C(=O)C(C)(C)C)=C(C)C(Sc3nc(=O)c(=O)[nH]n3C)S(=O)(=O)[C@H]21. The third kappa shape index (κ3) is 3.62. The number of nitrogens with one attached hydrogen (secondary N) is 1. The second kappa shape index (κ2) is 8.06. The largest absolute Gasteiger partial charge is 0.365 e. The van der Waals surface area contributed by atoms with Crippen molar-refractivity contribution >= 4 is 33.3 Å². The fourth-order valence-electron chi connectivity index (χ4n) is 3.99. The van der Waals surface area contributed by atoms with Gasteiger partial charge in [0.2, 0.25) is 0 Å². The molecule has 3 heterocycles. The monoisotopic (exact) mass is 498 g/mol. The highest BCUT2D eigenvalue weighted by Gasteiger charge is 2.71. The summed E-state index contributed by atoms with van der Waals surface area (Å²) in [6, 6.07) is 0. The van der Waals surface area contributed by atoms with Gasteiger partial charge in [-0.05, 0) is 12.5 Å². The number of fused-ring (bicyclic) bond motifs is 1. The number of aromatic nitrogens is 3. The van der Waals surface area contributed by atoms with Crippen LogP contribution in [0, 0.1) is 5.41 Å². The van der Waals surface area contributed by atoms with Crippen molar-refractivity contribution in [3.63, 3.8) is 0 Å². The number of carbonyl (C=O) groups is 2. The van der Waals surface area contributed by atoms with E-state index in [4.69, 9.17) is 4.74 Å². The van der Waals surface area contributed by atoms with E-state index in [1.54, 1.807) is 20.8 Å². The van der Waals surface area contributed by atoms with Crippen molar-refractivity contribution in [1.82, 2.24) is 19.7 Å². The van der Waals surface area contributed by atoms with Crippen molar-refractivity contribution in [2.24, 2.45) is 12.5 Å². The quantitative estimate of drug-likeness (QED) is 0.333.